The van der Waals surface area contributed by atoms with E-state index < -0.39 is 15.8 Å². The second kappa shape index (κ2) is 9.82. The molecule has 1 rings (SSSR count). The highest BCUT2D eigenvalue weighted by Gasteiger charge is 2.19. The van der Waals surface area contributed by atoms with E-state index in [-0.39, 0.29) is 30.6 Å². The highest BCUT2D eigenvalue weighted by molar-refractivity contribution is 7.89. The summed E-state index contributed by atoms with van der Waals surface area (Å²) >= 11 is 0. The van der Waals surface area contributed by atoms with Gasteiger partial charge in [-0.15, -0.1) is 0 Å². The maximum atomic E-state index is 13.5. The Bertz CT molecular complexity index is 581. The molecule has 1 atom stereocenters. The lowest BCUT2D eigenvalue weighted by molar-refractivity contribution is 0.204. The van der Waals surface area contributed by atoms with Gasteiger partial charge >= 0.3 is 0 Å². The third kappa shape index (κ3) is 6.42. The van der Waals surface area contributed by atoms with E-state index in [0.717, 1.165) is 12.5 Å². The van der Waals surface area contributed by atoms with Crippen LogP contribution in [0.3, 0.4) is 0 Å². The largest absolute Gasteiger partial charge is 0.396 e. The fourth-order valence-corrected chi connectivity index (χ4v) is 3.31. The smallest absolute Gasteiger partial charge is 0.242 e. The first-order chi connectivity index (χ1) is 10.9. The van der Waals surface area contributed by atoms with Crippen LogP contribution in [0.4, 0.5) is 10.1 Å². The van der Waals surface area contributed by atoms with Crippen molar-refractivity contribution in [1.29, 1.82) is 0 Å². The predicted octanol–water partition coefficient (Wildman–Crippen LogP) is 1.57. The van der Waals surface area contributed by atoms with Crippen molar-refractivity contribution in [2.45, 2.75) is 24.7 Å². The molecule has 6 nitrogen and oxygen atoms in total. The minimum absolute atomic E-state index is 0.0767. The summed E-state index contributed by atoms with van der Waals surface area (Å²) in [5.74, 6) is -0.410. The molecule has 0 heterocycles. The van der Waals surface area contributed by atoms with E-state index in [1.165, 1.54) is 19.2 Å². The number of anilines is 1. The van der Waals surface area contributed by atoms with Crippen LogP contribution < -0.4 is 10.0 Å². The first-order valence-corrected chi connectivity index (χ1v) is 9.05. The molecule has 1 unspecified atom stereocenters. The SMILES string of the molecule is CCC(CCO)CNc1ccc(F)cc1S(=O)(=O)NCCOC. The molecular weight excluding hydrogens is 323 g/mol. The number of aliphatic hydroxyl groups is 1. The van der Waals surface area contributed by atoms with Gasteiger partial charge < -0.3 is 15.2 Å². The molecule has 0 bridgehead atoms. The van der Waals surface area contributed by atoms with Gasteiger partial charge in [0, 0.05) is 26.8 Å². The van der Waals surface area contributed by atoms with Crippen LogP contribution in [-0.4, -0.2) is 46.9 Å². The molecule has 0 saturated heterocycles. The molecule has 0 radical (unpaired) electrons. The lowest BCUT2D eigenvalue weighted by Gasteiger charge is -2.18. The van der Waals surface area contributed by atoms with E-state index in [9.17, 15) is 12.8 Å². The van der Waals surface area contributed by atoms with Crippen molar-refractivity contribution in [1.82, 2.24) is 4.72 Å². The van der Waals surface area contributed by atoms with Crippen LogP contribution in [0.25, 0.3) is 0 Å². The number of rotatable bonds is 11. The summed E-state index contributed by atoms with van der Waals surface area (Å²) in [6, 6.07) is 3.61. The molecule has 0 aliphatic rings. The Balaban J connectivity index is 2.92. The average molecular weight is 348 g/mol. The molecule has 1 aromatic carbocycles. The Kier molecular flexibility index (Phi) is 8.46. The molecule has 0 aliphatic carbocycles. The average Bonchev–Trinajstić information content (AvgIpc) is 2.52. The Hall–Kier alpha value is -1.22. The molecule has 0 aliphatic heterocycles. The van der Waals surface area contributed by atoms with Crippen LogP contribution in [-0.2, 0) is 14.8 Å². The fraction of sp³-hybridized carbons (Fsp3) is 0.600. The van der Waals surface area contributed by atoms with Crippen molar-refractivity contribution in [3.8, 4) is 0 Å². The van der Waals surface area contributed by atoms with E-state index in [2.05, 4.69) is 10.0 Å². The van der Waals surface area contributed by atoms with Crippen LogP contribution in [0.1, 0.15) is 19.8 Å². The summed E-state index contributed by atoms with van der Waals surface area (Å²) in [7, 11) is -2.37. The normalized spacial score (nSPS) is 13.0. The minimum atomic E-state index is -3.83. The van der Waals surface area contributed by atoms with Gasteiger partial charge in [-0.2, -0.15) is 0 Å². The molecule has 8 heteroatoms. The maximum Gasteiger partial charge on any atom is 0.242 e. The summed E-state index contributed by atoms with van der Waals surface area (Å²) in [6.07, 6.45) is 1.47. The number of aliphatic hydroxyl groups excluding tert-OH is 1. The molecule has 132 valence electrons. The van der Waals surface area contributed by atoms with Gasteiger partial charge in [0.25, 0.3) is 0 Å². The van der Waals surface area contributed by atoms with Gasteiger partial charge in [-0.1, -0.05) is 13.3 Å². The summed E-state index contributed by atoms with van der Waals surface area (Å²) in [5, 5.41) is 12.1. The van der Waals surface area contributed by atoms with E-state index in [4.69, 9.17) is 9.84 Å². The standard InChI is InChI=1S/C15H25FN2O4S/c1-3-12(6-8-19)11-17-14-5-4-13(16)10-15(14)23(20,21)18-7-9-22-2/h4-5,10,12,17-19H,3,6-9,11H2,1-2H3. The van der Waals surface area contributed by atoms with Crippen molar-refractivity contribution in [3.63, 3.8) is 0 Å². The van der Waals surface area contributed by atoms with Crippen LogP contribution in [0, 0.1) is 11.7 Å². The van der Waals surface area contributed by atoms with Crippen LogP contribution >= 0.6 is 0 Å². The van der Waals surface area contributed by atoms with E-state index in [0.29, 0.717) is 18.7 Å². The van der Waals surface area contributed by atoms with Crippen molar-refractivity contribution in [2.75, 3.05) is 38.7 Å². The van der Waals surface area contributed by atoms with Crippen molar-refractivity contribution >= 4 is 15.7 Å². The monoisotopic (exact) mass is 348 g/mol. The molecule has 0 fully saturated rings. The number of ether oxygens (including phenoxy) is 1. The number of hydrogen-bond acceptors (Lipinski definition) is 5. The van der Waals surface area contributed by atoms with Crippen LogP contribution in [0.15, 0.2) is 23.1 Å². The highest BCUT2D eigenvalue weighted by Crippen LogP contribution is 2.23. The summed E-state index contributed by atoms with van der Waals surface area (Å²) in [6.45, 7) is 2.91. The molecular formula is C15H25FN2O4S. The van der Waals surface area contributed by atoms with Gasteiger partial charge in [0.15, 0.2) is 0 Å². The van der Waals surface area contributed by atoms with Gasteiger partial charge in [-0.3, -0.25) is 0 Å². The fourth-order valence-electron chi connectivity index (χ4n) is 2.11. The molecule has 23 heavy (non-hydrogen) atoms. The Morgan fingerprint density at radius 1 is 1.39 bits per heavy atom. The highest BCUT2D eigenvalue weighted by atomic mass is 32.2. The lowest BCUT2D eigenvalue weighted by Crippen LogP contribution is -2.28. The van der Waals surface area contributed by atoms with E-state index in [1.807, 2.05) is 6.92 Å². The minimum Gasteiger partial charge on any atom is -0.396 e. The second-order valence-electron chi connectivity index (χ2n) is 5.20. The Morgan fingerprint density at radius 3 is 2.74 bits per heavy atom. The van der Waals surface area contributed by atoms with Gasteiger partial charge in [-0.05, 0) is 30.5 Å². The third-order valence-electron chi connectivity index (χ3n) is 3.53. The maximum absolute atomic E-state index is 13.5. The van der Waals surface area contributed by atoms with E-state index in [1.54, 1.807) is 0 Å². The number of halogens is 1. The summed E-state index contributed by atoms with van der Waals surface area (Å²) < 4.78 is 45.3. The number of hydrogen-bond donors (Lipinski definition) is 3. The van der Waals surface area contributed by atoms with Crippen molar-refractivity contribution < 1.29 is 22.7 Å². The number of methoxy groups -OCH3 is 1. The van der Waals surface area contributed by atoms with Gasteiger partial charge in [0.2, 0.25) is 10.0 Å². The van der Waals surface area contributed by atoms with Crippen LogP contribution in [0.2, 0.25) is 0 Å². The zero-order valence-electron chi connectivity index (χ0n) is 13.5. The first kappa shape index (κ1) is 19.8. The van der Waals surface area contributed by atoms with Gasteiger partial charge in [-0.25, -0.2) is 17.5 Å². The van der Waals surface area contributed by atoms with Gasteiger partial charge in [0.1, 0.15) is 10.7 Å². The first-order valence-electron chi connectivity index (χ1n) is 7.57. The quantitative estimate of drug-likeness (QED) is 0.529. The number of sulfonamides is 1. The summed E-state index contributed by atoms with van der Waals surface area (Å²) in [4.78, 5) is -0.132. The van der Waals surface area contributed by atoms with Gasteiger partial charge in [0.05, 0.1) is 12.3 Å². The number of nitrogens with one attached hydrogen (secondary N) is 2. The zero-order chi connectivity index (χ0) is 17.3. The van der Waals surface area contributed by atoms with Crippen LogP contribution in [0.5, 0.6) is 0 Å². The Morgan fingerprint density at radius 2 is 2.13 bits per heavy atom. The molecule has 0 amide bonds. The molecule has 0 spiro atoms. The lowest BCUT2D eigenvalue weighted by atomic mass is 10.0. The molecule has 1 aromatic rings. The molecule has 3 N–H and O–H groups in total. The summed E-state index contributed by atoms with van der Waals surface area (Å²) in [5.41, 5.74) is 0.340. The molecule has 0 aromatic heterocycles. The van der Waals surface area contributed by atoms with Crippen molar-refractivity contribution in [3.05, 3.63) is 24.0 Å². The predicted molar refractivity (Wildman–Crippen MR) is 87.4 cm³/mol. The Labute approximate surface area is 137 Å². The van der Waals surface area contributed by atoms with Crippen molar-refractivity contribution in [2.24, 2.45) is 5.92 Å². The third-order valence-corrected chi connectivity index (χ3v) is 5.03. The second-order valence-corrected chi connectivity index (χ2v) is 6.93. The number of benzene rings is 1. The topological polar surface area (TPSA) is 87.7 Å². The molecule has 0 saturated carbocycles. The van der Waals surface area contributed by atoms with E-state index >= 15 is 0 Å². The zero-order valence-corrected chi connectivity index (χ0v) is 14.3.